The third kappa shape index (κ3) is 3.39. The monoisotopic (exact) mass is 320 g/mol. The highest BCUT2D eigenvalue weighted by Crippen LogP contribution is 2.12. The number of carbonyl (C=O) groups excluding carboxylic acids is 2. The molecule has 2 aromatic rings. The van der Waals surface area contributed by atoms with Crippen molar-refractivity contribution in [2.45, 2.75) is 25.8 Å². The van der Waals surface area contributed by atoms with Crippen LogP contribution < -0.4 is 5.32 Å². The summed E-state index contributed by atoms with van der Waals surface area (Å²) in [6, 6.07) is 3.59. The molecule has 0 bridgehead atoms. The van der Waals surface area contributed by atoms with Crippen LogP contribution in [0, 0.1) is 0 Å². The molecule has 0 saturated carbocycles. The SMILES string of the molecule is O=C(CN1CCCCC1=O)NCc1cn2cc(Cl)ccc2n1. The molecule has 1 aliphatic rings. The van der Waals surface area contributed by atoms with Crippen LogP contribution >= 0.6 is 11.6 Å². The van der Waals surface area contributed by atoms with Crippen molar-refractivity contribution in [3.63, 3.8) is 0 Å². The van der Waals surface area contributed by atoms with Crippen LogP contribution in [0.2, 0.25) is 5.02 Å². The number of rotatable bonds is 4. The Balaban J connectivity index is 1.56. The predicted octanol–water partition coefficient (Wildman–Crippen LogP) is 1.62. The van der Waals surface area contributed by atoms with Crippen molar-refractivity contribution in [1.82, 2.24) is 19.6 Å². The molecule has 0 aliphatic carbocycles. The highest BCUT2D eigenvalue weighted by atomic mass is 35.5. The Morgan fingerprint density at radius 2 is 2.18 bits per heavy atom. The molecule has 0 radical (unpaired) electrons. The van der Waals surface area contributed by atoms with E-state index in [1.165, 1.54) is 0 Å². The number of imidazole rings is 1. The van der Waals surface area contributed by atoms with E-state index < -0.39 is 0 Å². The first-order chi connectivity index (χ1) is 10.6. The van der Waals surface area contributed by atoms with Crippen LogP contribution in [-0.4, -0.2) is 39.2 Å². The summed E-state index contributed by atoms with van der Waals surface area (Å²) in [5.41, 5.74) is 1.53. The lowest BCUT2D eigenvalue weighted by Gasteiger charge is -2.25. The molecule has 0 aromatic carbocycles. The van der Waals surface area contributed by atoms with Crippen molar-refractivity contribution in [3.05, 3.63) is 35.2 Å². The topological polar surface area (TPSA) is 66.7 Å². The molecule has 22 heavy (non-hydrogen) atoms. The summed E-state index contributed by atoms with van der Waals surface area (Å²) in [5.74, 6) is -0.103. The Labute approximate surface area is 133 Å². The molecule has 116 valence electrons. The van der Waals surface area contributed by atoms with Crippen LogP contribution in [0.15, 0.2) is 24.5 Å². The molecule has 3 heterocycles. The third-order valence-corrected chi connectivity index (χ3v) is 3.91. The zero-order valence-corrected chi connectivity index (χ0v) is 12.8. The number of carbonyl (C=O) groups is 2. The highest BCUT2D eigenvalue weighted by Gasteiger charge is 2.20. The number of nitrogens with zero attached hydrogens (tertiary/aromatic N) is 3. The molecule has 0 atom stereocenters. The lowest BCUT2D eigenvalue weighted by Crippen LogP contribution is -2.42. The van der Waals surface area contributed by atoms with E-state index in [4.69, 9.17) is 11.6 Å². The molecular weight excluding hydrogens is 304 g/mol. The van der Waals surface area contributed by atoms with Crippen molar-refractivity contribution in [2.75, 3.05) is 13.1 Å². The summed E-state index contributed by atoms with van der Waals surface area (Å²) in [4.78, 5) is 29.6. The van der Waals surface area contributed by atoms with E-state index in [9.17, 15) is 9.59 Å². The summed E-state index contributed by atoms with van der Waals surface area (Å²) in [5, 5.41) is 3.43. The summed E-state index contributed by atoms with van der Waals surface area (Å²) in [6.07, 6.45) is 6.02. The van der Waals surface area contributed by atoms with Gasteiger partial charge in [0.05, 0.1) is 23.8 Å². The lowest BCUT2D eigenvalue weighted by molar-refractivity contribution is -0.137. The minimum atomic E-state index is -0.162. The van der Waals surface area contributed by atoms with Gasteiger partial charge >= 0.3 is 0 Å². The number of amides is 2. The first-order valence-electron chi connectivity index (χ1n) is 7.29. The van der Waals surface area contributed by atoms with Gasteiger partial charge in [0.1, 0.15) is 5.65 Å². The highest BCUT2D eigenvalue weighted by molar-refractivity contribution is 6.30. The van der Waals surface area contributed by atoms with Crippen LogP contribution in [0.25, 0.3) is 5.65 Å². The fraction of sp³-hybridized carbons (Fsp3) is 0.400. The van der Waals surface area contributed by atoms with E-state index in [2.05, 4.69) is 10.3 Å². The predicted molar refractivity (Wildman–Crippen MR) is 82.5 cm³/mol. The quantitative estimate of drug-likeness (QED) is 0.931. The van der Waals surface area contributed by atoms with Crippen molar-refractivity contribution >= 4 is 29.1 Å². The minimum Gasteiger partial charge on any atom is -0.349 e. The maximum absolute atomic E-state index is 11.9. The maximum Gasteiger partial charge on any atom is 0.239 e. The Morgan fingerprint density at radius 1 is 1.32 bits per heavy atom. The van der Waals surface area contributed by atoms with Gasteiger partial charge in [-0.15, -0.1) is 0 Å². The normalized spacial score (nSPS) is 15.3. The van der Waals surface area contributed by atoms with E-state index in [0.29, 0.717) is 24.5 Å². The molecule has 1 N–H and O–H groups in total. The Hall–Kier alpha value is -2.08. The van der Waals surface area contributed by atoms with Crippen molar-refractivity contribution in [2.24, 2.45) is 0 Å². The average molecular weight is 321 g/mol. The molecule has 2 amide bonds. The fourth-order valence-electron chi connectivity index (χ4n) is 2.55. The van der Waals surface area contributed by atoms with Gasteiger partial charge in [-0.3, -0.25) is 9.59 Å². The lowest BCUT2D eigenvalue weighted by atomic mass is 10.1. The second-order valence-corrected chi connectivity index (χ2v) is 5.83. The Kier molecular flexibility index (Phi) is 4.29. The largest absolute Gasteiger partial charge is 0.349 e. The van der Waals surface area contributed by atoms with Crippen molar-refractivity contribution in [3.8, 4) is 0 Å². The summed E-state index contributed by atoms with van der Waals surface area (Å²) < 4.78 is 1.82. The number of halogens is 1. The molecule has 1 saturated heterocycles. The number of nitrogens with one attached hydrogen (secondary N) is 1. The number of likely N-dealkylation sites (tertiary alicyclic amines) is 1. The van der Waals surface area contributed by atoms with Crippen LogP contribution in [0.3, 0.4) is 0 Å². The van der Waals surface area contributed by atoms with Gasteiger partial charge in [-0.05, 0) is 25.0 Å². The van der Waals surface area contributed by atoms with Gasteiger partial charge in [-0.1, -0.05) is 11.6 Å². The van der Waals surface area contributed by atoms with E-state index in [1.807, 2.05) is 16.7 Å². The molecular formula is C15H17ClN4O2. The fourth-order valence-corrected chi connectivity index (χ4v) is 2.72. The van der Waals surface area contributed by atoms with Gasteiger partial charge in [-0.2, -0.15) is 0 Å². The van der Waals surface area contributed by atoms with Gasteiger partial charge in [0.25, 0.3) is 0 Å². The molecule has 6 nitrogen and oxygen atoms in total. The van der Waals surface area contributed by atoms with E-state index in [1.54, 1.807) is 17.2 Å². The van der Waals surface area contributed by atoms with E-state index in [0.717, 1.165) is 24.2 Å². The van der Waals surface area contributed by atoms with Crippen molar-refractivity contribution in [1.29, 1.82) is 0 Å². The van der Waals surface area contributed by atoms with Crippen LogP contribution in [-0.2, 0) is 16.1 Å². The van der Waals surface area contributed by atoms with Gasteiger partial charge < -0.3 is 14.6 Å². The molecule has 2 aromatic heterocycles. The standard InChI is InChI=1S/C15H17ClN4O2/c16-11-4-5-13-18-12(9-20(13)8-11)7-17-14(21)10-19-6-2-1-3-15(19)22/h4-5,8-9H,1-3,6-7,10H2,(H,17,21). The first-order valence-corrected chi connectivity index (χ1v) is 7.67. The molecule has 1 aliphatic heterocycles. The molecule has 1 fully saturated rings. The maximum atomic E-state index is 11.9. The van der Waals surface area contributed by atoms with E-state index >= 15 is 0 Å². The molecule has 0 spiro atoms. The van der Waals surface area contributed by atoms with Crippen LogP contribution in [0.1, 0.15) is 25.0 Å². The second kappa shape index (κ2) is 6.36. The summed E-state index contributed by atoms with van der Waals surface area (Å²) in [7, 11) is 0. The Morgan fingerprint density at radius 3 is 3.00 bits per heavy atom. The van der Waals surface area contributed by atoms with Gasteiger partial charge in [-0.25, -0.2) is 4.98 Å². The Bertz CT molecular complexity index is 713. The smallest absolute Gasteiger partial charge is 0.239 e. The first kappa shape index (κ1) is 14.8. The second-order valence-electron chi connectivity index (χ2n) is 5.39. The zero-order chi connectivity index (χ0) is 15.5. The van der Waals surface area contributed by atoms with Gasteiger partial charge in [0, 0.05) is 25.4 Å². The van der Waals surface area contributed by atoms with Gasteiger partial charge in [0.2, 0.25) is 11.8 Å². The number of aromatic nitrogens is 2. The zero-order valence-electron chi connectivity index (χ0n) is 12.1. The summed E-state index contributed by atoms with van der Waals surface area (Å²) in [6.45, 7) is 1.12. The molecule has 3 rings (SSSR count). The van der Waals surface area contributed by atoms with Crippen molar-refractivity contribution < 1.29 is 9.59 Å². The average Bonchev–Trinajstić information content (AvgIpc) is 2.89. The number of hydrogen-bond acceptors (Lipinski definition) is 3. The van der Waals surface area contributed by atoms with E-state index in [-0.39, 0.29) is 18.4 Å². The minimum absolute atomic E-state index is 0.0590. The molecule has 7 heteroatoms. The third-order valence-electron chi connectivity index (χ3n) is 3.69. The molecule has 0 unspecified atom stereocenters. The van der Waals surface area contributed by atoms with Gasteiger partial charge in [0.15, 0.2) is 0 Å². The summed E-state index contributed by atoms with van der Waals surface area (Å²) >= 11 is 5.92. The number of piperidine rings is 1. The number of fused-ring (bicyclic) bond motifs is 1. The van der Waals surface area contributed by atoms with Crippen LogP contribution in [0.4, 0.5) is 0 Å². The number of hydrogen-bond donors (Lipinski definition) is 1. The number of pyridine rings is 1. The van der Waals surface area contributed by atoms with Crippen LogP contribution in [0.5, 0.6) is 0 Å².